The van der Waals surface area contributed by atoms with Crippen LogP contribution >= 0.6 is 0 Å². The third kappa shape index (κ3) is 6.82. The molecule has 29 heavy (non-hydrogen) atoms. The molecule has 0 radical (unpaired) electrons. The van der Waals surface area contributed by atoms with Gasteiger partial charge in [0.2, 0.25) is 0 Å². The number of phenolic OH excluding ortho intramolecular Hbond substituents is 3. The van der Waals surface area contributed by atoms with E-state index in [4.69, 9.17) is 0 Å². The third-order valence-corrected chi connectivity index (χ3v) is 4.87. The average molecular weight is 392 g/mol. The Kier molecular flexibility index (Phi) is 7.11. The minimum Gasteiger partial charge on any atom is -0.508 e. The zero-order valence-electron chi connectivity index (χ0n) is 16.7. The molecule has 0 saturated heterocycles. The van der Waals surface area contributed by atoms with E-state index in [9.17, 15) is 15.3 Å². The maximum Gasteiger partial charge on any atom is 0.115 e. The number of aromatic hydroxyl groups is 3. The molecule has 3 rings (SSSR count). The maximum absolute atomic E-state index is 9.53. The van der Waals surface area contributed by atoms with Crippen molar-refractivity contribution in [1.82, 2.24) is 9.80 Å². The van der Waals surface area contributed by atoms with Crippen LogP contribution in [0.15, 0.2) is 72.8 Å². The number of hydrogen-bond donors (Lipinski definition) is 3. The van der Waals surface area contributed by atoms with Gasteiger partial charge in [-0.1, -0.05) is 36.4 Å². The second-order valence-electron chi connectivity index (χ2n) is 7.45. The van der Waals surface area contributed by atoms with Crippen molar-refractivity contribution in [2.45, 2.75) is 19.6 Å². The Labute approximate surface area is 172 Å². The Morgan fingerprint density at radius 1 is 0.517 bits per heavy atom. The van der Waals surface area contributed by atoms with Crippen molar-refractivity contribution in [3.05, 3.63) is 89.5 Å². The SMILES string of the molecule is CN(CCN(Cc1ccc(O)cc1)Cc1ccc(O)cc1)Cc1ccc(O)cc1. The van der Waals surface area contributed by atoms with Crippen LogP contribution in [0.25, 0.3) is 0 Å². The van der Waals surface area contributed by atoms with Gasteiger partial charge in [-0.25, -0.2) is 0 Å². The summed E-state index contributed by atoms with van der Waals surface area (Å²) in [5.41, 5.74) is 3.44. The van der Waals surface area contributed by atoms with E-state index in [1.54, 1.807) is 36.4 Å². The van der Waals surface area contributed by atoms with Crippen molar-refractivity contribution >= 4 is 0 Å². The highest BCUT2D eigenvalue weighted by Crippen LogP contribution is 2.16. The van der Waals surface area contributed by atoms with Crippen LogP contribution in [0.1, 0.15) is 16.7 Å². The Hall–Kier alpha value is -3.02. The van der Waals surface area contributed by atoms with Crippen molar-refractivity contribution < 1.29 is 15.3 Å². The number of benzene rings is 3. The first kappa shape index (κ1) is 20.7. The second kappa shape index (κ2) is 9.96. The van der Waals surface area contributed by atoms with Gasteiger partial charge in [-0.15, -0.1) is 0 Å². The van der Waals surface area contributed by atoms with Gasteiger partial charge < -0.3 is 20.2 Å². The molecule has 3 aromatic rings. The first-order valence-electron chi connectivity index (χ1n) is 9.72. The first-order valence-corrected chi connectivity index (χ1v) is 9.72. The van der Waals surface area contributed by atoms with Gasteiger partial charge in [-0.2, -0.15) is 0 Å². The molecule has 0 fully saturated rings. The molecule has 5 nitrogen and oxygen atoms in total. The highest BCUT2D eigenvalue weighted by Gasteiger charge is 2.10. The van der Waals surface area contributed by atoms with Gasteiger partial charge >= 0.3 is 0 Å². The van der Waals surface area contributed by atoms with E-state index in [0.717, 1.165) is 49.4 Å². The minimum absolute atomic E-state index is 0.271. The van der Waals surface area contributed by atoms with Crippen molar-refractivity contribution in [3.8, 4) is 17.2 Å². The van der Waals surface area contributed by atoms with Crippen LogP contribution in [0.5, 0.6) is 17.2 Å². The fourth-order valence-corrected chi connectivity index (χ4v) is 3.24. The zero-order chi connectivity index (χ0) is 20.6. The summed E-state index contributed by atoms with van der Waals surface area (Å²) < 4.78 is 0. The molecule has 0 saturated carbocycles. The molecule has 0 unspecified atom stereocenters. The molecule has 0 amide bonds. The van der Waals surface area contributed by atoms with Crippen LogP contribution < -0.4 is 0 Å². The van der Waals surface area contributed by atoms with Crippen LogP contribution in [0.4, 0.5) is 0 Å². The summed E-state index contributed by atoms with van der Waals surface area (Å²) >= 11 is 0. The third-order valence-electron chi connectivity index (χ3n) is 4.87. The highest BCUT2D eigenvalue weighted by atomic mass is 16.3. The Balaban J connectivity index is 1.62. The molecule has 0 aliphatic heterocycles. The minimum atomic E-state index is 0.271. The highest BCUT2D eigenvalue weighted by molar-refractivity contribution is 5.28. The number of rotatable bonds is 9. The predicted octanol–water partition coefficient (Wildman–Crippen LogP) is 3.94. The molecule has 3 N–H and O–H groups in total. The number of phenols is 3. The normalized spacial score (nSPS) is 11.3. The monoisotopic (exact) mass is 392 g/mol. The molecular weight excluding hydrogens is 364 g/mol. The molecule has 0 heterocycles. The van der Waals surface area contributed by atoms with E-state index in [0.29, 0.717) is 0 Å². The van der Waals surface area contributed by atoms with Gasteiger partial charge in [-0.05, 0) is 60.1 Å². The van der Waals surface area contributed by atoms with Gasteiger partial charge in [-0.3, -0.25) is 4.90 Å². The summed E-state index contributed by atoms with van der Waals surface area (Å²) in [7, 11) is 2.09. The van der Waals surface area contributed by atoms with Gasteiger partial charge in [0.15, 0.2) is 0 Å². The van der Waals surface area contributed by atoms with Crippen LogP contribution in [0.2, 0.25) is 0 Å². The fourth-order valence-electron chi connectivity index (χ4n) is 3.24. The summed E-state index contributed by atoms with van der Waals surface area (Å²) in [6.07, 6.45) is 0. The molecule has 0 aliphatic carbocycles. The molecule has 0 aliphatic rings. The number of hydrogen-bond acceptors (Lipinski definition) is 5. The van der Waals surface area contributed by atoms with Crippen molar-refractivity contribution in [2.24, 2.45) is 0 Å². The Morgan fingerprint density at radius 2 is 0.862 bits per heavy atom. The largest absolute Gasteiger partial charge is 0.508 e. The van der Waals surface area contributed by atoms with Crippen molar-refractivity contribution in [1.29, 1.82) is 0 Å². The lowest BCUT2D eigenvalue weighted by atomic mass is 10.1. The Morgan fingerprint density at radius 3 is 1.24 bits per heavy atom. The first-order chi connectivity index (χ1) is 14.0. The molecule has 0 bridgehead atoms. The molecule has 0 atom stereocenters. The maximum atomic E-state index is 9.53. The van der Waals surface area contributed by atoms with Crippen molar-refractivity contribution in [2.75, 3.05) is 20.1 Å². The number of likely N-dealkylation sites (N-methyl/N-ethyl adjacent to an activating group) is 1. The Bertz CT molecular complexity index is 830. The van der Waals surface area contributed by atoms with Gasteiger partial charge in [0.25, 0.3) is 0 Å². The van der Waals surface area contributed by atoms with E-state index < -0.39 is 0 Å². The molecule has 3 aromatic carbocycles. The van der Waals surface area contributed by atoms with E-state index >= 15 is 0 Å². The summed E-state index contributed by atoms with van der Waals surface area (Å²) in [4.78, 5) is 4.61. The van der Waals surface area contributed by atoms with Gasteiger partial charge in [0, 0.05) is 32.7 Å². The summed E-state index contributed by atoms with van der Waals surface area (Å²) in [6, 6.07) is 21.9. The smallest absolute Gasteiger partial charge is 0.115 e. The van der Waals surface area contributed by atoms with Crippen LogP contribution in [0.3, 0.4) is 0 Å². The summed E-state index contributed by atoms with van der Waals surface area (Å²) in [5.74, 6) is 0.824. The molecule has 152 valence electrons. The average Bonchev–Trinajstić information content (AvgIpc) is 2.71. The van der Waals surface area contributed by atoms with Crippen LogP contribution in [-0.4, -0.2) is 45.3 Å². The fraction of sp³-hybridized carbons (Fsp3) is 0.250. The standard InChI is InChI=1S/C24H28N2O3/c1-25(16-19-2-8-22(27)9-3-19)14-15-26(17-20-4-10-23(28)11-5-20)18-21-6-12-24(29)13-7-21/h2-13,27-29H,14-18H2,1H3. The predicted molar refractivity (Wildman–Crippen MR) is 115 cm³/mol. The zero-order valence-corrected chi connectivity index (χ0v) is 16.7. The summed E-state index contributed by atoms with van der Waals surface area (Å²) in [5, 5.41) is 28.5. The quantitative estimate of drug-likeness (QED) is 0.515. The molecule has 5 heteroatoms. The van der Waals surface area contributed by atoms with Crippen molar-refractivity contribution in [3.63, 3.8) is 0 Å². The van der Waals surface area contributed by atoms with E-state index in [1.807, 2.05) is 36.4 Å². The second-order valence-corrected chi connectivity index (χ2v) is 7.45. The summed E-state index contributed by atoms with van der Waals surface area (Å²) in [6.45, 7) is 4.11. The van der Waals surface area contributed by atoms with E-state index in [-0.39, 0.29) is 17.2 Å². The van der Waals surface area contributed by atoms with Crippen LogP contribution in [-0.2, 0) is 19.6 Å². The van der Waals surface area contributed by atoms with Gasteiger partial charge in [0.1, 0.15) is 17.2 Å². The van der Waals surface area contributed by atoms with E-state index in [2.05, 4.69) is 16.8 Å². The molecule has 0 aromatic heterocycles. The molecular formula is C24H28N2O3. The van der Waals surface area contributed by atoms with Crippen LogP contribution in [0, 0.1) is 0 Å². The lowest BCUT2D eigenvalue weighted by Gasteiger charge is -2.26. The lowest BCUT2D eigenvalue weighted by Crippen LogP contribution is -2.32. The van der Waals surface area contributed by atoms with E-state index in [1.165, 1.54) is 0 Å². The lowest BCUT2D eigenvalue weighted by molar-refractivity contribution is 0.208. The van der Waals surface area contributed by atoms with Gasteiger partial charge in [0.05, 0.1) is 0 Å². The number of nitrogens with zero attached hydrogens (tertiary/aromatic N) is 2. The topological polar surface area (TPSA) is 67.2 Å². The molecule has 0 spiro atoms.